The highest BCUT2D eigenvalue weighted by molar-refractivity contribution is 7.89. The first kappa shape index (κ1) is 17.1. The van der Waals surface area contributed by atoms with Crippen molar-refractivity contribution >= 4 is 21.4 Å². The molecule has 1 aliphatic carbocycles. The van der Waals surface area contributed by atoms with Crippen LogP contribution in [0, 0.1) is 6.92 Å². The minimum Gasteiger partial charge on any atom is -0.207 e. The average molecular weight is 360 g/mol. The molecule has 2 aromatic rings. The van der Waals surface area contributed by atoms with Gasteiger partial charge in [-0.1, -0.05) is 36.9 Å². The Morgan fingerprint density at radius 3 is 2.46 bits per heavy atom. The SMILES string of the molecule is C=C1C[C@@H](N(CCc2cccs2)S(=O)(=O)c2ccc(C)cc2)C1=C. The summed E-state index contributed by atoms with van der Waals surface area (Å²) in [5.74, 6) is 0. The maximum absolute atomic E-state index is 13.1. The molecule has 0 bridgehead atoms. The number of hydrogen-bond donors (Lipinski definition) is 0. The van der Waals surface area contributed by atoms with Crippen molar-refractivity contribution in [2.75, 3.05) is 6.54 Å². The number of hydrogen-bond acceptors (Lipinski definition) is 3. The second-order valence-electron chi connectivity index (χ2n) is 6.11. The third-order valence-electron chi connectivity index (χ3n) is 4.43. The van der Waals surface area contributed by atoms with Crippen molar-refractivity contribution in [3.8, 4) is 0 Å². The molecule has 0 saturated heterocycles. The van der Waals surface area contributed by atoms with Crippen molar-refractivity contribution in [3.63, 3.8) is 0 Å². The number of rotatable bonds is 6. The highest BCUT2D eigenvalue weighted by Crippen LogP contribution is 2.37. The van der Waals surface area contributed by atoms with Gasteiger partial charge in [-0.05, 0) is 54.5 Å². The Labute approximate surface area is 148 Å². The quantitative estimate of drug-likeness (QED) is 0.776. The van der Waals surface area contributed by atoms with Crippen LogP contribution in [0.5, 0.6) is 0 Å². The Kier molecular flexibility index (Phi) is 4.76. The van der Waals surface area contributed by atoms with Gasteiger partial charge in [-0.2, -0.15) is 4.31 Å². The molecule has 0 aliphatic heterocycles. The van der Waals surface area contributed by atoms with Gasteiger partial charge in [0.15, 0.2) is 0 Å². The summed E-state index contributed by atoms with van der Waals surface area (Å²) in [6.45, 7) is 10.3. The second kappa shape index (κ2) is 6.67. The van der Waals surface area contributed by atoms with Crippen molar-refractivity contribution in [2.24, 2.45) is 0 Å². The molecule has 1 aromatic heterocycles. The van der Waals surface area contributed by atoms with E-state index in [2.05, 4.69) is 13.2 Å². The molecule has 3 rings (SSSR count). The van der Waals surface area contributed by atoms with E-state index in [-0.39, 0.29) is 6.04 Å². The third kappa shape index (κ3) is 3.24. The first-order valence-electron chi connectivity index (χ1n) is 7.87. The molecule has 24 heavy (non-hydrogen) atoms. The molecular weight excluding hydrogens is 338 g/mol. The number of nitrogens with zero attached hydrogens (tertiary/aromatic N) is 1. The smallest absolute Gasteiger partial charge is 0.207 e. The molecule has 1 heterocycles. The number of aryl methyl sites for hydroxylation is 1. The summed E-state index contributed by atoms with van der Waals surface area (Å²) in [5, 5.41) is 2.01. The van der Waals surface area contributed by atoms with E-state index in [0.717, 1.165) is 16.7 Å². The fraction of sp³-hybridized carbons (Fsp3) is 0.263. The molecule has 0 N–H and O–H groups in total. The standard InChI is InChI=1S/C19H21NO2S2/c1-14-6-8-18(9-7-14)24(21,22)20(19-13-15(2)16(19)3)11-10-17-5-4-12-23-17/h4-9,12,19H,2-3,10-11,13H2,1H3/t19-/m1/s1. The highest BCUT2D eigenvalue weighted by atomic mass is 32.2. The van der Waals surface area contributed by atoms with Crippen molar-refractivity contribution in [2.45, 2.75) is 30.7 Å². The molecular formula is C19H21NO2S2. The van der Waals surface area contributed by atoms with Crippen LogP contribution < -0.4 is 0 Å². The highest BCUT2D eigenvalue weighted by Gasteiger charge is 2.39. The van der Waals surface area contributed by atoms with Crippen LogP contribution in [-0.4, -0.2) is 25.3 Å². The summed E-state index contributed by atoms with van der Waals surface area (Å²) in [6, 6.07) is 10.9. The fourth-order valence-corrected chi connectivity index (χ4v) is 5.15. The molecule has 1 saturated carbocycles. The minimum atomic E-state index is -3.55. The first-order chi connectivity index (χ1) is 11.4. The van der Waals surface area contributed by atoms with Crippen LogP contribution in [-0.2, 0) is 16.4 Å². The van der Waals surface area contributed by atoms with Crippen LogP contribution in [0.25, 0.3) is 0 Å². The Morgan fingerprint density at radius 2 is 1.92 bits per heavy atom. The molecule has 0 radical (unpaired) electrons. The lowest BCUT2D eigenvalue weighted by Gasteiger charge is -2.40. The van der Waals surface area contributed by atoms with Gasteiger partial charge in [-0.3, -0.25) is 0 Å². The van der Waals surface area contributed by atoms with E-state index in [1.54, 1.807) is 27.8 Å². The summed E-state index contributed by atoms with van der Waals surface area (Å²) >= 11 is 1.65. The second-order valence-corrected chi connectivity index (χ2v) is 9.03. The zero-order chi connectivity index (χ0) is 17.3. The lowest BCUT2D eigenvalue weighted by molar-refractivity contribution is 0.327. The summed E-state index contributed by atoms with van der Waals surface area (Å²) < 4.78 is 27.9. The zero-order valence-corrected chi connectivity index (χ0v) is 15.4. The van der Waals surface area contributed by atoms with Crippen molar-refractivity contribution < 1.29 is 8.42 Å². The van der Waals surface area contributed by atoms with Gasteiger partial charge in [0.25, 0.3) is 0 Å². The largest absolute Gasteiger partial charge is 0.243 e. The average Bonchev–Trinajstić information content (AvgIpc) is 3.07. The summed E-state index contributed by atoms with van der Waals surface area (Å²) in [4.78, 5) is 1.52. The van der Waals surface area contributed by atoms with Crippen LogP contribution in [0.4, 0.5) is 0 Å². The molecule has 1 aliphatic rings. The van der Waals surface area contributed by atoms with Crippen LogP contribution in [0.1, 0.15) is 16.9 Å². The maximum atomic E-state index is 13.1. The number of benzene rings is 1. The lowest BCUT2D eigenvalue weighted by atomic mass is 9.82. The monoisotopic (exact) mass is 359 g/mol. The Bertz CT molecular complexity index is 849. The molecule has 0 unspecified atom stereocenters. The predicted molar refractivity (Wildman–Crippen MR) is 99.8 cm³/mol. The summed E-state index contributed by atoms with van der Waals surface area (Å²) in [6.07, 6.45) is 1.37. The number of thiophene rings is 1. The minimum absolute atomic E-state index is 0.177. The first-order valence-corrected chi connectivity index (χ1v) is 10.2. The molecule has 126 valence electrons. The molecule has 5 heteroatoms. The van der Waals surface area contributed by atoms with Gasteiger partial charge in [-0.25, -0.2) is 8.42 Å². The van der Waals surface area contributed by atoms with Crippen LogP contribution in [0.2, 0.25) is 0 Å². The van der Waals surface area contributed by atoms with E-state index in [1.165, 1.54) is 4.88 Å². The van der Waals surface area contributed by atoms with E-state index in [4.69, 9.17) is 0 Å². The van der Waals surface area contributed by atoms with E-state index in [1.807, 2.05) is 36.6 Å². The van der Waals surface area contributed by atoms with Gasteiger partial charge in [-0.15, -0.1) is 11.3 Å². The van der Waals surface area contributed by atoms with E-state index in [9.17, 15) is 8.42 Å². The maximum Gasteiger partial charge on any atom is 0.243 e. The molecule has 1 atom stereocenters. The van der Waals surface area contributed by atoms with Gasteiger partial charge in [0, 0.05) is 11.4 Å². The van der Waals surface area contributed by atoms with E-state index >= 15 is 0 Å². The van der Waals surface area contributed by atoms with Crippen LogP contribution >= 0.6 is 11.3 Å². The van der Waals surface area contributed by atoms with Gasteiger partial charge in [0.05, 0.1) is 10.9 Å². The predicted octanol–water partition coefficient (Wildman–Crippen LogP) is 4.17. The Balaban J connectivity index is 1.89. The fourth-order valence-electron chi connectivity index (χ4n) is 2.83. The lowest BCUT2D eigenvalue weighted by Crippen LogP contribution is -2.47. The van der Waals surface area contributed by atoms with Crippen molar-refractivity contribution in [1.29, 1.82) is 0 Å². The van der Waals surface area contributed by atoms with Gasteiger partial charge >= 0.3 is 0 Å². The summed E-state index contributed by atoms with van der Waals surface area (Å²) in [7, 11) is -3.55. The Morgan fingerprint density at radius 1 is 1.21 bits per heavy atom. The van der Waals surface area contributed by atoms with E-state index < -0.39 is 10.0 Å². The topological polar surface area (TPSA) is 37.4 Å². The molecule has 3 nitrogen and oxygen atoms in total. The Hall–Kier alpha value is -1.69. The molecule has 0 amide bonds. The molecule has 0 spiro atoms. The zero-order valence-electron chi connectivity index (χ0n) is 13.7. The van der Waals surface area contributed by atoms with E-state index in [0.29, 0.717) is 24.3 Å². The molecule has 1 fully saturated rings. The van der Waals surface area contributed by atoms with Crippen molar-refractivity contribution in [3.05, 3.63) is 76.5 Å². The molecule has 1 aromatic carbocycles. The summed E-state index contributed by atoms with van der Waals surface area (Å²) in [5.41, 5.74) is 2.82. The normalized spacial score (nSPS) is 18.0. The van der Waals surface area contributed by atoms with Crippen molar-refractivity contribution in [1.82, 2.24) is 4.31 Å². The number of sulfonamides is 1. The van der Waals surface area contributed by atoms with Gasteiger partial charge < -0.3 is 0 Å². The van der Waals surface area contributed by atoms with Crippen LogP contribution in [0.3, 0.4) is 0 Å². The van der Waals surface area contributed by atoms with Gasteiger partial charge in [0.2, 0.25) is 10.0 Å². The van der Waals surface area contributed by atoms with Gasteiger partial charge in [0.1, 0.15) is 0 Å². The van der Waals surface area contributed by atoms with Crippen LogP contribution in [0.15, 0.2) is 71.0 Å². The third-order valence-corrected chi connectivity index (χ3v) is 7.29.